The van der Waals surface area contributed by atoms with Gasteiger partial charge in [-0.15, -0.1) is 0 Å². The third-order valence-corrected chi connectivity index (χ3v) is 4.99. The maximum absolute atomic E-state index is 13.9. The predicted molar refractivity (Wildman–Crippen MR) is 83.7 cm³/mol. The summed E-state index contributed by atoms with van der Waals surface area (Å²) in [5.41, 5.74) is 0.875. The molecule has 23 heavy (non-hydrogen) atoms. The van der Waals surface area contributed by atoms with Gasteiger partial charge in [-0.05, 0) is 24.6 Å². The average Bonchev–Trinajstić information content (AvgIpc) is 2.91. The van der Waals surface area contributed by atoms with E-state index in [0.29, 0.717) is 24.6 Å². The van der Waals surface area contributed by atoms with Gasteiger partial charge in [-0.25, -0.2) is 9.07 Å². The number of halogens is 1. The van der Waals surface area contributed by atoms with Crippen LogP contribution in [0.4, 0.5) is 4.39 Å². The van der Waals surface area contributed by atoms with Crippen molar-refractivity contribution in [3.05, 3.63) is 41.5 Å². The first-order valence-corrected chi connectivity index (χ1v) is 8.64. The van der Waals surface area contributed by atoms with Crippen LogP contribution in [0.1, 0.15) is 16.1 Å². The van der Waals surface area contributed by atoms with E-state index in [2.05, 4.69) is 5.10 Å². The number of hydrogen-bond donors (Lipinski definition) is 1. The molecule has 6 nitrogen and oxygen atoms in total. The normalized spacial score (nSPS) is 15.8. The minimum absolute atomic E-state index is 0.126. The van der Waals surface area contributed by atoms with Gasteiger partial charge in [0.05, 0.1) is 6.20 Å². The van der Waals surface area contributed by atoms with Gasteiger partial charge in [-0.1, -0.05) is 6.07 Å². The van der Waals surface area contributed by atoms with Crippen molar-refractivity contribution in [1.29, 1.82) is 0 Å². The Hall–Kier alpha value is -2.22. The van der Waals surface area contributed by atoms with E-state index in [0.717, 1.165) is 10.2 Å². The van der Waals surface area contributed by atoms with Crippen molar-refractivity contribution in [2.45, 2.75) is 6.92 Å². The van der Waals surface area contributed by atoms with Crippen molar-refractivity contribution in [1.82, 2.24) is 14.7 Å². The maximum Gasteiger partial charge on any atom is 0.278 e. The lowest BCUT2D eigenvalue weighted by Crippen LogP contribution is -2.42. The largest absolute Gasteiger partial charge is 0.504 e. The molecule has 1 aliphatic rings. The Morgan fingerprint density at radius 2 is 2.04 bits per heavy atom. The quantitative estimate of drug-likeness (QED) is 0.894. The van der Waals surface area contributed by atoms with E-state index in [1.165, 1.54) is 17.2 Å². The summed E-state index contributed by atoms with van der Waals surface area (Å²) in [7, 11) is -0.901. The van der Waals surface area contributed by atoms with E-state index in [1.807, 2.05) is 6.92 Å². The fourth-order valence-corrected chi connectivity index (χ4v) is 3.48. The van der Waals surface area contributed by atoms with Crippen molar-refractivity contribution in [3.8, 4) is 11.4 Å². The number of hydrogen-bond acceptors (Lipinski definition) is 4. The van der Waals surface area contributed by atoms with Gasteiger partial charge in [-0.2, -0.15) is 5.10 Å². The lowest BCUT2D eigenvalue weighted by atomic mass is 10.2. The van der Waals surface area contributed by atoms with Crippen LogP contribution >= 0.6 is 0 Å². The topological polar surface area (TPSA) is 75.4 Å². The molecule has 0 radical (unpaired) electrons. The summed E-state index contributed by atoms with van der Waals surface area (Å²) in [4.78, 5) is 13.9. The van der Waals surface area contributed by atoms with Crippen molar-refractivity contribution in [2.24, 2.45) is 0 Å². The number of carbonyl (C=O) groups is 1. The van der Waals surface area contributed by atoms with E-state index in [-0.39, 0.29) is 17.1 Å². The SMILES string of the molecule is Cc1ccc(F)c(-n2cc(O)c(C(=O)N3CCS(=O)CC3)n2)c1. The zero-order valence-corrected chi connectivity index (χ0v) is 13.3. The van der Waals surface area contributed by atoms with Crippen LogP contribution in [0.25, 0.3) is 5.69 Å². The van der Waals surface area contributed by atoms with E-state index in [1.54, 1.807) is 12.1 Å². The molecule has 0 atom stereocenters. The summed E-state index contributed by atoms with van der Waals surface area (Å²) in [6.45, 7) is 2.53. The molecule has 1 aromatic heterocycles. The van der Waals surface area contributed by atoms with Crippen LogP contribution in [-0.4, -0.2) is 54.5 Å². The maximum atomic E-state index is 13.9. The van der Waals surface area contributed by atoms with E-state index < -0.39 is 22.5 Å². The summed E-state index contributed by atoms with van der Waals surface area (Å²) in [5, 5.41) is 14.0. The Morgan fingerprint density at radius 3 is 2.74 bits per heavy atom. The fourth-order valence-electron chi connectivity index (χ4n) is 2.43. The molecule has 2 heterocycles. The zero-order valence-electron chi connectivity index (χ0n) is 12.5. The molecule has 8 heteroatoms. The Labute approximate surface area is 135 Å². The number of aromatic nitrogens is 2. The molecule has 0 unspecified atom stereocenters. The molecular weight excluding hydrogens is 321 g/mol. The number of aryl methyl sites for hydroxylation is 1. The minimum Gasteiger partial charge on any atom is -0.504 e. The molecule has 3 rings (SSSR count). The molecule has 1 fully saturated rings. The highest BCUT2D eigenvalue weighted by atomic mass is 32.2. The Balaban J connectivity index is 1.90. The number of rotatable bonds is 2. The van der Waals surface area contributed by atoms with Gasteiger partial charge in [0.1, 0.15) is 11.5 Å². The van der Waals surface area contributed by atoms with Gasteiger partial charge in [0.15, 0.2) is 11.4 Å². The average molecular weight is 337 g/mol. The number of carbonyl (C=O) groups excluding carboxylic acids is 1. The second-order valence-corrected chi connectivity index (χ2v) is 7.10. The monoisotopic (exact) mass is 337 g/mol. The molecule has 1 aliphatic heterocycles. The Kier molecular flexibility index (Phi) is 4.16. The molecule has 1 saturated heterocycles. The molecule has 0 aliphatic carbocycles. The molecule has 0 spiro atoms. The number of nitrogens with zero attached hydrogens (tertiary/aromatic N) is 3. The lowest BCUT2D eigenvalue weighted by Gasteiger charge is -2.25. The molecule has 1 N–H and O–H groups in total. The van der Waals surface area contributed by atoms with Crippen molar-refractivity contribution in [3.63, 3.8) is 0 Å². The first-order chi connectivity index (χ1) is 11.0. The van der Waals surface area contributed by atoms with Crippen LogP contribution in [0.2, 0.25) is 0 Å². The van der Waals surface area contributed by atoms with Crippen LogP contribution < -0.4 is 0 Å². The lowest BCUT2D eigenvalue weighted by molar-refractivity contribution is 0.0762. The predicted octanol–water partition coefficient (Wildman–Crippen LogP) is 1.23. The second kappa shape index (κ2) is 6.11. The van der Waals surface area contributed by atoms with Gasteiger partial charge in [0.25, 0.3) is 5.91 Å². The van der Waals surface area contributed by atoms with E-state index in [4.69, 9.17) is 0 Å². The van der Waals surface area contributed by atoms with Gasteiger partial charge in [-0.3, -0.25) is 9.00 Å². The zero-order chi connectivity index (χ0) is 16.6. The molecule has 122 valence electrons. The van der Waals surface area contributed by atoms with Crippen LogP contribution in [-0.2, 0) is 10.8 Å². The van der Waals surface area contributed by atoms with Crippen LogP contribution in [0.3, 0.4) is 0 Å². The molecule has 0 bridgehead atoms. The number of aromatic hydroxyl groups is 1. The summed E-state index contributed by atoms with van der Waals surface area (Å²) < 4.78 is 26.4. The van der Waals surface area contributed by atoms with Crippen LogP contribution in [0, 0.1) is 12.7 Å². The highest BCUT2D eigenvalue weighted by Crippen LogP contribution is 2.22. The van der Waals surface area contributed by atoms with Crippen molar-refractivity contribution < 1.29 is 18.5 Å². The Morgan fingerprint density at radius 1 is 1.35 bits per heavy atom. The van der Waals surface area contributed by atoms with Gasteiger partial charge in [0, 0.05) is 35.4 Å². The first kappa shape index (κ1) is 15.7. The smallest absolute Gasteiger partial charge is 0.278 e. The third-order valence-electron chi connectivity index (χ3n) is 3.71. The standard InChI is InChI=1S/C15H16FN3O3S/c1-10-2-3-11(16)12(8-10)19-9-13(20)14(17-19)15(21)18-4-6-23(22)7-5-18/h2-3,8-9,20H,4-7H2,1H3. The molecule has 1 amide bonds. The van der Waals surface area contributed by atoms with E-state index >= 15 is 0 Å². The second-order valence-electron chi connectivity index (χ2n) is 5.40. The highest BCUT2D eigenvalue weighted by Gasteiger charge is 2.26. The third kappa shape index (κ3) is 3.12. The van der Waals surface area contributed by atoms with Gasteiger partial charge in [0.2, 0.25) is 0 Å². The molecule has 1 aromatic carbocycles. The summed E-state index contributed by atoms with van der Waals surface area (Å²) in [6, 6.07) is 4.52. The summed E-state index contributed by atoms with van der Waals surface area (Å²) in [5.74, 6) is -0.404. The number of benzene rings is 1. The molecule has 2 aromatic rings. The highest BCUT2D eigenvalue weighted by molar-refractivity contribution is 7.85. The van der Waals surface area contributed by atoms with Crippen LogP contribution in [0.15, 0.2) is 24.4 Å². The van der Waals surface area contributed by atoms with Crippen LogP contribution in [0.5, 0.6) is 5.75 Å². The van der Waals surface area contributed by atoms with Gasteiger partial charge >= 0.3 is 0 Å². The van der Waals surface area contributed by atoms with Crippen molar-refractivity contribution in [2.75, 3.05) is 24.6 Å². The minimum atomic E-state index is -0.901. The fraction of sp³-hybridized carbons (Fsp3) is 0.333. The molecule has 0 saturated carbocycles. The molecular formula is C15H16FN3O3S. The number of amides is 1. The van der Waals surface area contributed by atoms with Crippen molar-refractivity contribution >= 4 is 16.7 Å². The van der Waals surface area contributed by atoms with E-state index in [9.17, 15) is 18.5 Å². The summed E-state index contributed by atoms with van der Waals surface area (Å²) >= 11 is 0. The first-order valence-electron chi connectivity index (χ1n) is 7.15. The van der Waals surface area contributed by atoms with Gasteiger partial charge < -0.3 is 10.0 Å². The summed E-state index contributed by atoms with van der Waals surface area (Å²) in [6.07, 6.45) is 1.22. The Bertz CT molecular complexity index is 780.